The third-order valence-corrected chi connectivity index (χ3v) is 3.00. The molecule has 0 unspecified atom stereocenters. The van der Waals surface area contributed by atoms with E-state index in [1.54, 1.807) is 20.8 Å². The molecule has 5 nitrogen and oxygen atoms in total. The van der Waals surface area contributed by atoms with Crippen molar-refractivity contribution >= 4 is 12.1 Å². The number of carbonyl (C=O) groups is 2. The first-order chi connectivity index (χ1) is 8.24. The van der Waals surface area contributed by atoms with Gasteiger partial charge in [-0.2, -0.15) is 0 Å². The van der Waals surface area contributed by atoms with Crippen LogP contribution in [0.4, 0.5) is 4.79 Å². The van der Waals surface area contributed by atoms with Crippen molar-refractivity contribution in [1.29, 1.82) is 0 Å². The van der Waals surface area contributed by atoms with Gasteiger partial charge in [-0.05, 0) is 39.5 Å². The highest BCUT2D eigenvalue weighted by Gasteiger charge is 2.40. The van der Waals surface area contributed by atoms with Crippen molar-refractivity contribution in [2.24, 2.45) is 5.92 Å². The molecule has 1 saturated heterocycles. The van der Waals surface area contributed by atoms with Crippen LogP contribution in [-0.4, -0.2) is 40.3 Å². The van der Waals surface area contributed by atoms with Crippen LogP contribution in [0, 0.1) is 5.92 Å². The average Bonchev–Trinajstić information content (AvgIpc) is 2.59. The van der Waals surface area contributed by atoms with Crippen LogP contribution in [0.5, 0.6) is 0 Å². The van der Waals surface area contributed by atoms with E-state index in [0.29, 0.717) is 13.0 Å². The fourth-order valence-electron chi connectivity index (χ4n) is 2.30. The molecule has 0 radical (unpaired) electrons. The van der Waals surface area contributed by atoms with Crippen molar-refractivity contribution in [2.75, 3.05) is 6.54 Å². The maximum atomic E-state index is 12.0. The Hall–Kier alpha value is -1.26. The van der Waals surface area contributed by atoms with Crippen LogP contribution in [0.1, 0.15) is 47.0 Å². The molecule has 104 valence electrons. The number of aliphatic carboxylic acids is 1. The zero-order chi connectivity index (χ0) is 13.9. The number of ether oxygens (including phenoxy) is 1. The van der Waals surface area contributed by atoms with Gasteiger partial charge in [0.05, 0.1) is 0 Å². The Labute approximate surface area is 108 Å². The molecule has 0 aliphatic carbocycles. The van der Waals surface area contributed by atoms with Gasteiger partial charge < -0.3 is 9.84 Å². The molecule has 5 heteroatoms. The Morgan fingerprint density at radius 3 is 2.44 bits per heavy atom. The van der Waals surface area contributed by atoms with E-state index in [2.05, 4.69) is 6.92 Å². The smallest absolute Gasteiger partial charge is 0.411 e. The summed E-state index contributed by atoms with van der Waals surface area (Å²) in [5.74, 6) is -0.678. The number of carbonyl (C=O) groups excluding carboxylic acids is 1. The van der Waals surface area contributed by atoms with Gasteiger partial charge in [0.2, 0.25) is 0 Å². The van der Waals surface area contributed by atoms with Crippen molar-refractivity contribution < 1.29 is 19.4 Å². The molecule has 0 aromatic heterocycles. The highest BCUT2D eigenvalue weighted by Crippen LogP contribution is 2.28. The summed E-state index contributed by atoms with van der Waals surface area (Å²) in [5, 5.41) is 9.17. The van der Waals surface area contributed by atoms with Gasteiger partial charge in [0, 0.05) is 6.54 Å². The minimum atomic E-state index is -0.945. The molecular weight excluding hydrogens is 234 g/mol. The summed E-state index contributed by atoms with van der Waals surface area (Å²) in [4.78, 5) is 24.5. The van der Waals surface area contributed by atoms with Gasteiger partial charge in [-0.15, -0.1) is 0 Å². The van der Waals surface area contributed by atoms with Crippen molar-refractivity contribution in [3.05, 3.63) is 0 Å². The highest BCUT2D eigenvalue weighted by molar-refractivity contribution is 5.80. The molecule has 1 rings (SSSR count). The average molecular weight is 257 g/mol. The second kappa shape index (κ2) is 5.59. The van der Waals surface area contributed by atoms with Crippen molar-refractivity contribution in [2.45, 2.75) is 58.6 Å². The number of nitrogens with zero attached hydrogens (tertiary/aromatic N) is 1. The van der Waals surface area contributed by atoms with Crippen LogP contribution in [0.15, 0.2) is 0 Å². The van der Waals surface area contributed by atoms with Gasteiger partial charge in [-0.3, -0.25) is 4.90 Å². The lowest BCUT2D eigenvalue weighted by Crippen LogP contribution is -2.43. The van der Waals surface area contributed by atoms with E-state index in [9.17, 15) is 9.59 Å². The molecule has 0 aromatic rings. The number of carboxylic acid groups (broad SMARTS) is 1. The minimum Gasteiger partial charge on any atom is -0.480 e. The second-order valence-corrected chi connectivity index (χ2v) is 5.88. The van der Waals surface area contributed by atoms with E-state index >= 15 is 0 Å². The quantitative estimate of drug-likeness (QED) is 0.843. The lowest BCUT2D eigenvalue weighted by molar-refractivity contribution is -0.142. The third kappa shape index (κ3) is 3.89. The van der Waals surface area contributed by atoms with Gasteiger partial charge in [-0.25, -0.2) is 9.59 Å². The monoisotopic (exact) mass is 257 g/mol. The Kier molecular flexibility index (Phi) is 4.59. The number of likely N-dealkylation sites (tertiary alicyclic amines) is 1. The summed E-state index contributed by atoms with van der Waals surface area (Å²) >= 11 is 0. The summed E-state index contributed by atoms with van der Waals surface area (Å²) in [7, 11) is 0. The maximum absolute atomic E-state index is 12.0. The first-order valence-corrected chi connectivity index (χ1v) is 6.47. The van der Waals surface area contributed by atoms with E-state index in [-0.39, 0.29) is 5.92 Å². The molecule has 0 saturated carbocycles. The second-order valence-electron chi connectivity index (χ2n) is 5.88. The molecule has 0 aromatic carbocycles. The van der Waals surface area contributed by atoms with Crippen molar-refractivity contribution in [1.82, 2.24) is 4.90 Å². The Balaban J connectivity index is 2.72. The Bertz CT molecular complexity index is 321. The number of amides is 1. The fraction of sp³-hybridized carbons (Fsp3) is 0.846. The van der Waals surface area contributed by atoms with E-state index in [4.69, 9.17) is 9.84 Å². The summed E-state index contributed by atoms with van der Waals surface area (Å²) < 4.78 is 5.25. The van der Waals surface area contributed by atoms with Crippen molar-refractivity contribution in [3.8, 4) is 0 Å². The van der Waals surface area contributed by atoms with Gasteiger partial charge in [-0.1, -0.05) is 13.3 Å². The summed E-state index contributed by atoms with van der Waals surface area (Å²) in [6, 6.07) is -0.739. The standard InChI is InChI=1S/C13H23NO4/c1-5-6-9-7-10(11(15)16)14(8-9)12(17)18-13(2,3)4/h9-10H,5-8H2,1-4H3,(H,15,16)/t9-,10+/m1/s1. The fourth-order valence-corrected chi connectivity index (χ4v) is 2.30. The van der Waals surface area contributed by atoms with Crippen LogP contribution in [0.25, 0.3) is 0 Å². The van der Waals surface area contributed by atoms with Crippen molar-refractivity contribution in [3.63, 3.8) is 0 Å². The van der Waals surface area contributed by atoms with Crippen LogP contribution < -0.4 is 0 Å². The van der Waals surface area contributed by atoms with E-state index in [1.807, 2.05) is 0 Å². The number of hydrogen-bond donors (Lipinski definition) is 1. The van der Waals surface area contributed by atoms with Crippen LogP contribution in [0.3, 0.4) is 0 Å². The molecule has 1 aliphatic heterocycles. The topological polar surface area (TPSA) is 66.8 Å². The molecule has 1 fully saturated rings. The third-order valence-electron chi connectivity index (χ3n) is 3.00. The molecule has 1 amide bonds. The summed E-state index contributed by atoms with van der Waals surface area (Å²) in [5.41, 5.74) is -0.594. The van der Waals surface area contributed by atoms with Gasteiger partial charge in [0.15, 0.2) is 0 Å². The lowest BCUT2D eigenvalue weighted by Gasteiger charge is -2.26. The van der Waals surface area contributed by atoms with Crippen LogP contribution in [-0.2, 0) is 9.53 Å². The van der Waals surface area contributed by atoms with Gasteiger partial charge >= 0.3 is 12.1 Å². The van der Waals surface area contributed by atoms with Gasteiger partial charge in [0.1, 0.15) is 11.6 Å². The molecule has 0 bridgehead atoms. The highest BCUT2D eigenvalue weighted by atomic mass is 16.6. The molecule has 0 spiro atoms. The first-order valence-electron chi connectivity index (χ1n) is 6.47. The lowest BCUT2D eigenvalue weighted by atomic mass is 10.0. The van der Waals surface area contributed by atoms with E-state index in [0.717, 1.165) is 12.8 Å². The summed E-state index contributed by atoms with van der Waals surface area (Å²) in [6.45, 7) is 7.88. The molecule has 1 aliphatic rings. The first kappa shape index (κ1) is 14.8. The summed E-state index contributed by atoms with van der Waals surface area (Å²) in [6.07, 6.45) is 1.96. The minimum absolute atomic E-state index is 0.267. The number of carboxylic acids is 1. The zero-order valence-corrected chi connectivity index (χ0v) is 11.6. The Morgan fingerprint density at radius 1 is 1.39 bits per heavy atom. The molecular formula is C13H23NO4. The van der Waals surface area contributed by atoms with E-state index in [1.165, 1.54) is 4.90 Å². The van der Waals surface area contributed by atoms with Crippen LogP contribution in [0.2, 0.25) is 0 Å². The predicted molar refractivity (Wildman–Crippen MR) is 67.4 cm³/mol. The number of rotatable bonds is 3. The van der Waals surface area contributed by atoms with Crippen LogP contribution >= 0.6 is 0 Å². The SMILES string of the molecule is CCC[C@@H]1C[C@@H](C(=O)O)N(C(=O)OC(C)(C)C)C1. The largest absolute Gasteiger partial charge is 0.480 e. The zero-order valence-electron chi connectivity index (χ0n) is 11.6. The predicted octanol–water partition coefficient (Wildman–Crippen LogP) is 2.50. The molecule has 18 heavy (non-hydrogen) atoms. The van der Waals surface area contributed by atoms with Gasteiger partial charge in [0.25, 0.3) is 0 Å². The molecule has 1 N–H and O–H groups in total. The number of hydrogen-bond acceptors (Lipinski definition) is 3. The molecule has 2 atom stereocenters. The van der Waals surface area contributed by atoms with E-state index < -0.39 is 23.7 Å². The maximum Gasteiger partial charge on any atom is 0.411 e. The Morgan fingerprint density at radius 2 is 2.00 bits per heavy atom. The normalized spacial score (nSPS) is 24.1. The molecule has 1 heterocycles.